The first kappa shape index (κ1) is 7.87. The minimum Gasteiger partial charge on any atom is -0.330 e. The molecule has 0 aromatic heterocycles. The maximum atomic E-state index is 9.78. The third kappa shape index (κ3) is 5.87. The first-order valence-electron chi connectivity index (χ1n) is 2.20. The molecule has 0 fully saturated rings. The van der Waals surface area contributed by atoms with Crippen molar-refractivity contribution in [3.8, 4) is 0 Å². The Labute approximate surface area is 48.4 Å². The summed E-state index contributed by atoms with van der Waals surface area (Å²) in [5.41, 5.74) is 4.93. The fourth-order valence-corrected chi connectivity index (χ4v) is 0.780. The van der Waals surface area contributed by atoms with Crippen molar-refractivity contribution in [1.82, 2.24) is 0 Å². The topological polar surface area (TPSA) is 80.1 Å². The zero-order valence-corrected chi connectivity index (χ0v) is 5.15. The van der Waals surface area contributed by atoms with Gasteiger partial charge in [0.25, 0.3) is 10.1 Å². The molecule has 0 aliphatic rings. The molecule has 0 aliphatic heterocycles. The Morgan fingerprint density at radius 1 is 1.38 bits per heavy atom. The number of hydrogen-bond acceptors (Lipinski definition) is 3. The molecule has 0 spiro atoms. The summed E-state index contributed by atoms with van der Waals surface area (Å²) in [6.07, 6.45) is 0.256. The van der Waals surface area contributed by atoms with E-state index < -0.39 is 10.1 Å². The molecule has 0 aliphatic carbocycles. The number of rotatable bonds is 3. The minimum absolute atomic E-state index is 0.251. The Hall–Kier alpha value is -0.130. The van der Waals surface area contributed by atoms with Crippen LogP contribution in [0.1, 0.15) is 6.42 Å². The van der Waals surface area contributed by atoms with Gasteiger partial charge in [-0.3, -0.25) is 0 Å². The lowest BCUT2D eigenvalue weighted by Crippen LogP contribution is -2.08. The fraction of sp³-hybridized carbons (Fsp3) is 1.00. The van der Waals surface area contributed by atoms with E-state index in [1.54, 1.807) is 0 Å². The molecule has 49 valence electrons. The Morgan fingerprint density at radius 3 is 2.00 bits per heavy atom. The van der Waals surface area contributed by atoms with E-state index in [0.29, 0.717) is 0 Å². The molecule has 0 bridgehead atoms. The lowest BCUT2D eigenvalue weighted by atomic mass is 10.5. The smallest absolute Gasteiger partial charge is 0.294 e. The monoisotopic (exact) mass is 138 g/mol. The Kier molecular flexibility index (Phi) is 2.96. The average Bonchev–Trinajstić information content (AvgIpc) is 1.59. The van der Waals surface area contributed by atoms with E-state index in [2.05, 4.69) is 0 Å². The van der Waals surface area contributed by atoms with Gasteiger partial charge in [0.1, 0.15) is 0 Å². The standard InChI is InChI=1S/C3H8NO3S/c4-2-1-3-8(5,6)7/h1-4H2. The van der Waals surface area contributed by atoms with Gasteiger partial charge in [-0.15, -0.1) is 0 Å². The first-order valence-corrected chi connectivity index (χ1v) is 3.77. The highest BCUT2D eigenvalue weighted by Crippen LogP contribution is 1.85. The molecule has 0 heterocycles. The molecule has 0 unspecified atom stereocenters. The van der Waals surface area contributed by atoms with Gasteiger partial charge < -0.3 is 5.73 Å². The van der Waals surface area contributed by atoms with Crippen molar-refractivity contribution in [2.75, 3.05) is 12.3 Å². The predicted octanol–water partition coefficient (Wildman–Crippen LogP) is -0.904. The summed E-state index contributed by atoms with van der Waals surface area (Å²) in [7, 11) is -4.02. The van der Waals surface area contributed by atoms with E-state index in [4.69, 9.17) is 5.73 Å². The van der Waals surface area contributed by atoms with E-state index in [9.17, 15) is 13.0 Å². The highest BCUT2D eigenvalue weighted by Gasteiger charge is 2.03. The number of nitrogens with two attached hydrogens (primary N) is 1. The van der Waals surface area contributed by atoms with Crippen molar-refractivity contribution < 1.29 is 13.0 Å². The van der Waals surface area contributed by atoms with Gasteiger partial charge >= 0.3 is 0 Å². The Balaban J connectivity index is 3.42. The second-order valence-corrected chi connectivity index (χ2v) is 2.93. The molecule has 0 aromatic rings. The predicted molar refractivity (Wildman–Crippen MR) is 28.1 cm³/mol. The van der Waals surface area contributed by atoms with Crippen LogP contribution < -0.4 is 5.73 Å². The van der Waals surface area contributed by atoms with Crippen LogP contribution in [0.5, 0.6) is 0 Å². The maximum Gasteiger partial charge on any atom is 0.294 e. The summed E-state index contributed by atoms with van der Waals surface area (Å²) in [6.45, 7) is 0.251. The molecule has 4 nitrogen and oxygen atoms in total. The first-order chi connectivity index (χ1) is 3.56. The molecule has 2 N–H and O–H groups in total. The van der Waals surface area contributed by atoms with E-state index >= 15 is 0 Å². The molecule has 0 atom stereocenters. The summed E-state index contributed by atoms with van der Waals surface area (Å²) in [6, 6.07) is 0. The molecular weight excluding hydrogens is 130 g/mol. The lowest BCUT2D eigenvalue weighted by molar-refractivity contribution is 0.413. The van der Waals surface area contributed by atoms with Gasteiger partial charge in [-0.05, 0) is 13.0 Å². The molecule has 0 saturated heterocycles. The fourth-order valence-electron chi connectivity index (χ4n) is 0.260. The molecule has 1 radical (unpaired) electrons. The van der Waals surface area contributed by atoms with Gasteiger partial charge in [-0.25, -0.2) is 0 Å². The normalized spacial score (nSPS) is 11.8. The minimum atomic E-state index is -4.02. The molecule has 0 saturated carbocycles. The van der Waals surface area contributed by atoms with Crippen LogP contribution in [0.4, 0.5) is 0 Å². The highest BCUT2D eigenvalue weighted by atomic mass is 32.2. The third-order valence-corrected chi connectivity index (χ3v) is 1.39. The van der Waals surface area contributed by atoms with E-state index in [1.807, 2.05) is 0 Å². The van der Waals surface area contributed by atoms with Crippen molar-refractivity contribution in [3.05, 3.63) is 0 Å². The quantitative estimate of drug-likeness (QED) is 0.548. The van der Waals surface area contributed by atoms with Gasteiger partial charge in [0.15, 0.2) is 0 Å². The molecule has 0 aromatic carbocycles. The molecule has 8 heavy (non-hydrogen) atoms. The van der Waals surface area contributed by atoms with Crippen LogP contribution in [-0.4, -0.2) is 20.7 Å². The Morgan fingerprint density at radius 2 is 1.88 bits per heavy atom. The maximum absolute atomic E-state index is 9.78. The SMILES string of the molecule is NCCCS([O])(=O)=O. The van der Waals surface area contributed by atoms with Crippen LogP contribution in [0, 0.1) is 0 Å². The average molecular weight is 138 g/mol. The highest BCUT2D eigenvalue weighted by molar-refractivity contribution is 7.85. The van der Waals surface area contributed by atoms with Crippen LogP contribution >= 0.6 is 0 Å². The molecule has 0 amide bonds. The molecule has 0 rings (SSSR count). The summed E-state index contributed by atoms with van der Waals surface area (Å²) in [5.74, 6) is -0.344. The van der Waals surface area contributed by atoms with Crippen molar-refractivity contribution in [3.63, 3.8) is 0 Å². The zero-order chi connectivity index (χ0) is 6.62. The van der Waals surface area contributed by atoms with Crippen LogP contribution in [0.25, 0.3) is 0 Å². The van der Waals surface area contributed by atoms with Crippen LogP contribution in [0.2, 0.25) is 0 Å². The van der Waals surface area contributed by atoms with Crippen LogP contribution in [0.3, 0.4) is 0 Å². The van der Waals surface area contributed by atoms with E-state index in [0.717, 1.165) is 0 Å². The summed E-state index contributed by atoms with van der Waals surface area (Å²) in [5, 5.41) is 0. The van der Waals surface area contributed by atoms with Crippen LogP contribution in [0.15, 0.2) is 0 Å². The van der Waals surface area contributed by atoms with Gasteiger partial charge in [0.05, 0.1) is 5.75 Å². The molecule has 5 heteroatoms. The lowest BCUT2D eigenvalue weighted by Gasteiger charge is -1.87. The van der Waals surface area contributed by atoms with Gasteiger partial charge in [0, 0.05) is 0 Å². The van der Waals surface area contributed by atoms with Gasteiger partial charge in [-0.2, -0.15) is 8.42 Å². The second kappa shape index (κ2) is 3.01. The second-order valence-electron chi connectivity index (χ2n) is 1.40. The van der Waals surface area contributed by atoms with Crippen molar-refractivity contribution in [2.24, 2.45) is 5.73 Å². The van der Waals surface area contributed by atoms with E-state index in [1.165, 1.54) is 0 Å². The van der Waals surface area contributed by atoms with E-state index in [-0.39, 0.29) is 18.7 Å². The van der Waals surface area contributed by atoms with Crippen molar-refractivity contribution in [1.29, 1.82) is 0 Å². The summed E-state index contributed by atoms with van der Waals surface area (Å²) in [4.78, 5) is 0. The third-order valence-electron chi connectivity index (χ3n) is 0.598. The van der Waals surface area contributed by atoms with Crippen molar-refractivity contribution in [2.45, 2.75) is 6.42 Å². The van der Waals surface area contributed by atoms with Gasteiger partial charge in [0.2, 0.25) is 0 Å². The Bertz CT molecular complexity index is 139. The summed E-state index contributed by atoms with van der Waals surface area (Å²) >= 11 is 0. The van der Waals surface area contributed by atoms with Crippen LogP contribution in [-0.2, 0) is 14.7 Å². The number of hydrogen-bond donors (Lipinski definition) is 1. The summed E-state index contributed by atoms with van der Waals surface area (Å²) < 4.78 is 29.3. The zero-order valence-electron chi connectivity index (χ0n) is 4.33. The largest absolute Gasteiger partial charge is 0.330 e. The van der Waals surface area contributed by atoms with Gasteiger partial charge in [-0.1, -0.05) is 4.55 Å². The van der Waals surface area contributed by atoms with Crippen molar-refractivity contribution >= 4 is 10.1 Å². The molecular formula is C3H8NO3S.